The van der Waals surface area contributed by atoms with E-state index in [4.69, 9.17) is 0 Å². The molecule has 2 N–H and O–H groups in total. The summed E-state index contributed by atoms with van der Waals surface area (Å²) in [4.78, 5) is 40.3. The van der Waals surface area contributed by atoms with Crippen LogP contribution in [0.2, 0.25) is 0 Å². The third kappa shape index (κ3) is 6.44. The van der Waals surface area contributed by atoms with Crippen molar-refractivity contribution in [2.24, 2.45) is 5.92 Å². The topological polar surface area (TPSA) is 169 Å². The van der Waals surface area contributed by atoms with E-state index in [-0.39, 0.29) is 18.5 Å². The van der Waals surface area contributed by atoms with Crippen molar-refractivity contribution in [2.45, 2.75) is 82.6 Å². The molecule has 0 radical (unpaired) electrons. The highest BCUT2D eigenvalue weighted by Gasteiger charge is 2.42. The number of H-pyrrole nitrogens is 1. The molecule has 0 spiro atoms. The second-order valence-electron chi connectivity index (χ2n) is 14.2. The molecule has 4 aromatic rings. The number of nitrogens with zero attached hydrogens (tertiary/aromatic N) is 3. The van der Waals surface area contributed by atoms with Crippen molar-refractivity contribution in [3.63, 3.8) is 0 Å². The Hall–Kier alpha value is -4.62. The van der Waals surface area contributed by atoms with Crippen LogP contribution in [-0.2, 0) is 20.2 Å². The van der Waals surface area contributed by atoms with Gasteiger partial charge in [0.15, 0.2) is 4.90 Å². The Labute approximate surface area is 285 Å². The lowest BCUT2D eigenvalue weighted by Crippen LogP contribution is -2.55. The Morgan fingerprint density at radius 1 is 0.980 bits per heavy atom. The Balaban J connectivity index is 1.39. The fraction of sp³-hybridized carbons (Fsp3) is 0.417. The second-order valence-corrected chi connectivity index (χ2v) is 16.0. The first-order chi connectivity index (χ1) is 23.1. The van der Waals surface area contributed by atoms with Crippen LogP contribution in [0.15, 0.2) is 59.5 Å². The summed E-state index contributed by atoms with van der Waals surface area (Å²) in [6, 6.07) is 14.9. The maximum Gasteiger partial charge on any atom is 0.296 e. The van der Waals surface area contributed by atoms with Crippen LogP contribution in [0.3, 0.4) is 0 Å². The number of benzene rings is 3. The number of nitro benzene ring substituents is 2. The van der Waals surface area contributed by atoms with Crippen molar-refractivity contribution in [3.8, 4) is 11.3 Å². The zero-order valence-electron chi connectivity index (χ0n) is 28.3. The van der Waals surface area contributed by atoms with Gasteiger partial charge >= 0.3 is 0 Å². The molecule has 1 saturated carbocycles. The summed E-state index contributed by atoms with van der Waals surface area (Å²) in [6.07, 6.45) is 4.44. The van der Waals surface area contributed by atoms with Gasteiger partial charge in [0.05, 0.1) is 27.0 Å². The Bertz CT molecular complexity index is 2080. The molecule has 1 atom stereocenters. The van der Waals surface area contributed by atoms with Gasteiger partial charge in [-0.05, 0) is 112 Å². The Morgan fingerprint density at radius 2 is 1.65 bits per heavy atom. The molecule has 3 aromatic carbocycles. The maximum atomic E-state index is 14.1. The number of rotatable bonds is 10. The molecule has 1 amide bonds. The minimum Gasteiger partial charge on any atom is -0.354 e. The summed E-state index contributed by atoms with van der Waals surface area (Å²) in [5, 5.41) is 23.8. The molecular weight excluding hydrogens is 646 g/mol. The van der Waals surface area contributed by atoms with E-state index in [2.05, 4.69) is 32.8 Å². The highest BCUT2D eigenvalue weighted by atomic mass is 32.2. The van der Waals surface area contributed by atoms with Crippen molar-refractivity contribution >= 4 is 38.2 Å². The molecule has 258 valence electrons. The number of sulfonamides is 1. The van der Waals surface area contributed by atoms with E-state index in [1.54, 1.807) is 0 Å². The van der Waals surface area contributed by atoms with E-state index in [9.17, 15) is 33.4 Å². The standard InChI is InChI=1S/C36H41N5O7S/c1-21-14-22(2)16-25(15-21)34-33(23(3)19-37-49(47,48)32-13-11-28(40(43)44)18-31(32)41(45)46)29-17-26(8-12-30(29)38-34)36(4,5)35(42)39-20-24-6-9-27(39)10-7-24/h8,11-18,23-24,27,37-38H,6-7,9-10,19-20H2,1-5H3/t23-,24?,27?/m1/s1. The summed E-state index contributed by atoms with van der Waals surface area (Å²) in [5.41, 5.74) is 4.10. The lowest BCUT2D eigenvalue weighted by Gasteiger charge is -2.47. The Morgan fingerprint density at radius 3 is 2.24 bits per heavy atom. The first kappa shape index (κ1) is 34.3. The van der Waals surface area contributed by atoms with Crippen LogP contribution in [0.5, 0.6) is 0 Å². The number of aromatic nitrogens is 1. The van der Waals surface area contributed by atoms with Gasteiger partial charge in [0.2, 0.25) is 15.9 Å². The number of nitrogens with one attached hydrogen (secondary N) is 2. The molecule has 3 heterocycles. The molecular formula is C36H41N5O7S. The first-order valence-corrected chi connectivity index (χ1v) is 18.0. The number of non-ortho nitro benzene ring substituents is 1. The van der Waals surface area contributed by atoms with Gasteiger partial charge in [-0.3, -0.25) is 25.0 Å². The largest absolute Gasteiger partial charge is 0.354 e. The fourth-order valence-corrected chi connectivity index (χ4v) is 8.94. The highest BCUT2D eigenvalue weighted by Crippen LogP contribution is 2.41. The highest BCUT2D eigenvalue weighted by molar-refractivity contribution is 7.89. The van der Waals surface area contributed by atoms with Gasteiger partial charge in [0, 0.05) is 36.1 Å². The average molecular weight is 688 g/mol. The number of carbonyl (C=O) groups is 1. The molecule has 1 aliphatic carbocycles. The van der Waals surface area contributed by atoms with Crippen LogP contribution in [0.25, 0.3) is 22.2 Å². The maximum absolute atomic E-state index is 14.1. The van der Waals surface area contributed by atoms with Gasteiger partial charge in [0.1, 0.15) is 0 Å². The second kappa shape index (κ2) is 12.7. The smallest absolute Gasteiger partial charge is 0.296 e. The van der Waals surface area contributed by atoms with Crippen molar-refractivity contribution < 1.29 is 23.1 Å². The van der Waals surface area contributed by atoms with Gasteiger partial charge in [0.25, 0.3) is 11.4 Å². The molecule has 1 aromatic heterocycles. The summed E-state index contributed by atoms with van der Waals surface area (Å²) in [6.45, 7) is 10.5. The van der Waals surface area contributed by atoms with Crippen LogP contribution in [0, 0.1) is 40.0 Å². The zero-order chi connectivity index (χ0) is 35.4. The molecule has 2 bridgehead atoms. The van der Waals surface area contributed by atoms with E-state index in [0.717, 1.165) is 75.9 Å². The number of amides is 1. The number of nitro groups is 2. The lowest BCUT2D eigenvalue weighted by molar-refractivity contribution is -0.396. The van der Waals surface area contributed by atoms with E-state index in [1.165, 1.54) is 12.8 Å². The van der Waals surface area contributed by atoms with Crippen molar-refractivity contribution in [3.05, 3.63) is 97.1 Å². The third-order valence-corrected chi connectivity index (χ3v) is 11.8. The predicted octanol–water partition coefficient (Wildman–Crippen LogP) is 7.03. The number of hydrogen-bond donors (Lipinski definition) is 2. The number of hydrogen-bond acceptors (Lipinski definition) is 7. The van der Waals surface area contributed by atoms with Crippen LogP contribution < -0.4 is 4.72 Å². The summed E-state index contributed by atoms with van der Waals surface area (Å²) >= 11 is 0. The molecule has 3 fully saturated rings. The number of carbonyl (C=O) groups excluding carboxylic acids is 1. The predicted molar refractivity (Wildman–Crippen MR) is 187 cm³/mol. The van der Waals surface area contributed by atoms with E-state index >= 15 is 0 Å². The van der Waals surface area contributed by atoms with Crippen molar-refractivity contribution in [2.75, 3.05) is 13.1 Å². The Kier molecular flexibility index (Phi) is 8.86. The van der Waals surface area contributed by atoms with Gasteiger partial charge in [-0.2, -0.15) is 0 Å². The molecule has 0 unspecified atom stereocenters. The van der Waals surface area contributed by atoms with Gasteiger partial charge in [-0.1, -0.05) is 30.2 Å². The number of fused-ring (bicyclic) bond motifs is 4. The molecule has 49 heavy (non-hydrogen) atoms. The normalized spacial score (nSPS) is 18.5. The van der Waals surface area contributed by atoms with Crippen molar-refractivity contribution in [1.29, 1.82) is 0 Å². The molecule has 2 aliphatic heterocycles. The minimum absolute atomic E-state index is 0.110. The van der Waals surface area contributed by atoms with Gasteiger partial charge < -0.3 is 9.88 Å². The fourth-order valence-electron chi connectivity index (χ4n) is 7.66. The van der Waals surface area contributed by atoms with Crippen LogP contribution >= 0.6 is 0 Å². The quantitative estimate of drug-likeness (QED) is 0.133. The summed E-state index contributed by atoms with van der Waals surface area (Å²) < 4.78 is 29.4. The number of aromatic amines is 1. The van der Waals surface area contributed by atoms with Crippen LogP contribution in [0.4, 0.5) is 11.4 Å². The van der Waals surface area contributed by atoms with Gasteiger partial charge in [-0.25, -0.2) is 13.1 Å². The summed E-state index contributed by atoms with van der Waals surface area (Å²) in [7, 11) is -4.44. The van der Waals surface area contributed by atoms with Crippen molar-refractivity contribution in [1.82, 2.24) is 14.6 Å². The lowest BCUT2D eigenvalue weighted by atomic mass is 9.76. The summed E-state index contributed by atoms with van der Waals surface area (Å²) in [5.74, 6) is 0.225. The van der Waals surface area contributed by atoms with Crippen LogP contribution in [-0.4, -0.2) is 53.2 Å². The zero-order valence-corrected chi connectivity index (χ0v) is 29.1. The molecule has 7 rings (SSSR count). The molecule has 12 nitrogen and oxygen atoms in total. The first-order valence-electron chi connectivity index (χ1n) is 16.5. The molecule has 2 saturated heterocycles. The van der Waals surface area contributed by atoms with Gasteiger partial charge in [-0.15, -0.1) is 0 Å². The minimum atomic E-state index is -4.44. The van der Waals surface area contributed by atoms with E-state index in [0.29, 0.717) is 12.0 Å². The molecule has 3 aliphatic rings. The van der Waals surface area contributed by atoms with Crippen LogP contribution in [0.1, 0.15) is 74.6 Å². The third-order valence-electron chi connectivity index (χ3n) is 10.3. The number of piperidine rings is 2. The van der Waals surface area contributed by atoms with E-state index < -0.39 is 47.5 Å². The monoisotopic (exact) mass is 687 g/mol. The molecule has 13 heteroatoms. The average Bonchev–Trinajstić information content (AvgIpc) is 3.46. The van der Waals surface area contributed by atoms with E-state index in [1.807, 2.05) is 52.8 Å². The SMILES string of the molecule is Cc1cc(C)cc(-c2[nH]c3ccc(C(C)(C)C(=O)N4CC5CCC4CC5)cc3c2[C@H](C)CNS(=O)(=O)c2ccc([N+](=O)[O-])cc2[N+](=O)[O-])c1. The number of aryl methyl sites for hydroxylation is 2.